The molecule has 0 radical (unpaired) electrons. The first-order valence-corrected chi connectivity index (χ1v) is 9.34. The van der Waals surface area contributed by atoms with Crippen LogP contribution in [0.3, 0.4) is 0 Å². The quantitative estimate of drug-likeness (QED) is 0.711. The fraction of sp³-hybridized carbons (Fsp3) is 0.381. The molecule has 0 unspecified atom stereocenters. The second-order valence-electron chi connectivity index (χ2n) is 7.25. The van der Waals surface area contributed by atoms with Gasteiger partial charge in [-0.3, -0.25) is 9.48 Å². The van der Waals surface area contributed by atoms with Crippen molar-refractivity contribution in [1.29, 1.82) is 0 Å². The van der Waals surface area contributed by atoms with E-state index in [2.05, 4.69) is 41.3 Å². The molecule has 1 aliphatic rings. The van der Waals surface area contributed by atoms with Crippen LogP contribution in [0.2, 0.25) is 0 Å². The van der Waals surface area contributed by atoms with Gasteiger partial charge >= 0.3 is 0 Å². The van der Waals surface area contributed by atoms with Crippen LogP contribution >= 0.6 is 0 Å². The van der Waals surface area contributed by atoms with Gasteiger partial charge in [0, 0.05) is 26.3 Å². The zero-order valence-corrected chi connectivity index (χ0v) is 16.0. The first kappa shape index (κ1) is 17.5. The number of hydrogen-bond acceptors (Lipinski definition) is 4. The number of nitrogens with zero attached hydrogens (tertiary/aromatic N) is 4. The highest BCUT2D eigenvalue weighted by atomic mass is 16.4. The van der Waals surface area contributed by atoms with Gasteiger partial charge in [-0.25, -0.2) is 4.98 Å². The molecule has 3 heterocycles. The van der Waals surface area contributed by atoms with Crippen LogP contribution in [0.1, 0.15) is 46.1 Å². The molecule has 6 nitrogen and oxygen atoms in total. The Labute approximate surface area is 158 Å². The SMILES string of the molecule is Cc1ccccc1C1CCN(C(=O)c2nc(-c3cnn(C)c3)oc2C)CC1. The fourth-order valence-corrected chi connectivity index (χ4v) is 3.84. The van der Waals surface area contributed by atoms with Crippen LogP contribution in [0.15, 0.2) is 41.1 Å². The van der Waals surface area contributed by atoms with Crippen molar-refractivity contribution in [3.05, 3.63) is 59.2 Å². The summed E-state index contributed by atoms with van der Waals surface area (Å²) in [6.45, 7) is 5.44. The van der Waals surface area contributed by atoms with Crippen molar-refractivity contribution in [3.8, 4) is 11.5 Å². The summed E-state index contributed by atoms with van der Waals surface area (Å²) in [7, 11) is 1.84. The zero-order chi connectivity index (χ0) is 19.0. The minimum absolute atomic E-state index is 0.0466. The molecular weight excluding hydrogens is 340 g/mol. The van der Waals surface area contributed by atoms with Gasteiger partial charge < -0.3 is 9.32 Å². The lowest BCUT2D eigenvalue weighted by molar-refractivity contribution is 0.0706. The summed E-state index contributed by atoms with van der Waals surface area (Å²) < 4.78 is 7.41. The minimum atomic E-state index is -0.0466. The molecule has 6 heteroatoms. The number of piperidine rings is 1. The molecule has 3 aromatic rings. The number of carbonyl (C=O) groups is 1. The topological polar surface area (TPSA) is 64.2 Å². The molecule has 1 amide bonds. The first-order chi connectivity index (χ1) is 13.0. The maximum atomic E-state index is 13.0. The van der Waals surface area contributed by atoms with Crippen LogP contribution in [0.4, 0.5) is 0 Å². The zero-order valence-electron chi connectivity index (χ0n) is 16.0. The maximum absolute atomic E-state index is 13.0. The lowest BCUT2D eigenvalue weighted by Gasteiger charge is -2.32. The molecule has 27 heavy (non-hydrogen) atoms. The van der Waals surface area contributed by atoms with E-state index >= 15 is 0 Å². The summed E-state index contributed by atoms with van der Waals surface area (Å²) in [6.07, 6.45) is 5.46. The Hall–Kier alpha value is -2.89. The summed E-state index contributed by atoms with van der Waals surface area (Å²) in [6, 6.07) is 8.54. The predicted octanol–water partition coefficient (Wildman–Crippen LogP) is 3.71. The minimum Gasteiger partial charge on any atom is -0.440 e. The molecule has 0 N–H and O–H groups in total. The molecule has 2 aromatic heterocycles. The molecule has 1 saturated heterocycles. The lowest BCUT2D eigenvalue weighted by Crippen LogP contribution is -2.38. The third kappa shape index (κ3) is 3.39. The van der Waals surface area contributed by atoms with E-state index in [-0.39, 0.29) is 5.91 Å². The van der Waals surface area contributed by atoms with E-state index in [0.29, 0.717) is 23.3 Å². The normalized spacial score (nSPS) is 15.3. The number of aryl methyl sites for hydroxylation is 3. The van der Waals surface area contributed by atoms with Gasteiger partial charge in [0.2, 0.25) is 5.89 Å². The highest BCUT2D eigenvalue weighted by molar-refractivity contribution is 5.93. The molecule has 1 fully saturated rings. The first-order valence-electron chi connectivity index (χ1n) is 9.34. The number of hydrogen-bond donors (Lipinski definition) is 0. The molecule has 140 valence electrons. The van der Waals surface area contributed by atoms with Crippen molar-refractivity contribution in [2.24, 2.45) is 7.05 Å². The molecule has 1 aromatic carbocycles. The van der Waals surface area contributed by atoms with E-state index in [1.165, 1.54) is 11.1 Å². The fourth-order valence-electron chi connectivity index (χ4n) is 3.84. The van der Waals surface area contributed by atoms with E-state index in [1.807, 2.05) is 18.1 Å². The number of likely N-dealkylation sites (tertiary alicyclic amines) is 1. The van der Waals surface area contributed by atoms with Crippen molar-refractivity contribution in [3.63, 3.8) is 0 Å². The Kier molecular flexibility index (Phi) is 4.56. The number of rotatable bonds is 3. The monoisotopic (exact) mass is 364 g/mol. The smallest absolute Gasteiger partial charge is 0.276 e. The molecule has 0 bridgehead atoms. The van der Waals surface area contributed by atoms with Crippen LogP contribution in [0, 0.1) is 13.8 Å². The van der Waals surface area contributed by atoms with E-state index in [9.17, 15) is 4.79 Å². The van der Waals surface area contributed by atoms with Gasteiger partial charge in [-0.15, -0.1) is 0 Å². The molecular formula is C21H24N4O2. The summed E-state index contributed by atoms with van der Waals surface area (Å²) >= 11 is 0. The summed E-state index contributed by atoms with van der Waals surface area (Å²) in [5.41, 5.74) is 3.91. The summed E-state index contributed by atoms with van der Waals surface area (Å²) in [5.74, 6) is 1.47. The number of oxazole rings is 1. The van der Waals surface area contributed by atoms with Crippen LogP contribution in [-0.4, -0.2) is 38.7 Å². The number of amides is 1. The second kappa shape index (κ2) is 7.02. The van der Waals surface area contributed by atoms with Gasteiger partial charge in [-0.1, -0.05) is 24.3 Å². The van der Waals surface area contributed by atoms with Crippen molar-refractivity contribution in [2.75, 3.05) is 13.1 Å². The van der Waals surface area contributed by atoms with Crippen molar-refractivity contribution >= 4 is 5.91 Å². The van der Waals surface area contributed by atoms with Gasteiger partial charge in [-0.2, -0.15) is 5.10 Å². The molecule has 1 aliphatic heterocycles. The third-order valence-corrected chi connectivity index (χ3v) is 5.36. The second-order valence-corrected chi connectivity index (χ2v) is 7.25. The average Bonchev–Trinajstić information content (AvgIpc) is 3.27. The van der Waals surface area contributed by atoms with Crippen LogP contribution in [0.5, 0.6) is 0 Å². The van der Waals surface area contributed by atoms with Gasteiger partial charge in [0.15, 0.2) is 5.69 Å². The van der Waals surface area contributed by atoms with E-state index in [1.54, 1.807) is 17.8 Å². The average molecular weight is 364 g/mol. The Morgan fingerprint density at radius 3 is 2.59 bits per heavy atom. The Morgan fingerprint density at radius 2 is 1.93 bits per heavy atom. The molecule has 0 spiro atoms. The highest BCUT2D eigenvalue weighted by Crippen LogP contribution is 2.31. The number of aromatic nitrogens is 3. The predicted molar refractivity (Wildman–Crippen MR) is 102 cm³/mol. The summed E-state index contributed by atoms with van der Waals surface area (Å²) in [4.78, 5) is 19.3. The van der Waals surface area contributed by atoms with Gasteiger partial charge in [0.1, 0.15) is 5.76 Å². The van der Waals surface area contributed by atoms with E-state index < -0.39 is 0 Å². The van der Waals surface area contributed by atoms with E-state index in [4.69, 9.17) is 4.42 Å². The molecule has 0 aliphatic carbocycles. The lowest BCUT2D eigenvalue weighted by atomic mass is 9.87. The standard InChI is InChI=1S/C21H24N4O2/c1-14-6-4-5-7-18(14)16-8-10-25(11-9-16)21(26)19-15(2)27-20(23-19)17-12-22-24(3)13-17/h4-7,12-13,16H,8-11H2,1-3H3. The van der Waals surface area contributed by atoms with Gasteiger partial charge in [0.25, 0.3) is 5.91 Å². The van der Waals surface area contributed by atoms with Crippen LogP contribution in [0.25, 0.3) is 11.5 Å². The molecule has 4 rings (SSSR count). The van der Waals surface area contributed by atoms with Crippen molar-refractivity contribution < 1.29 is 9.21 Å². The third-order valence-electron chi connectivity index (χ3n) is 5.36. The number of benzene rings is 1. The molecule has 0 saturated carbocycles. The van der Waals surface area contributed by atoms with Gasteiger partial charge in [0.05, 0.1) is 11.8 Å². The molecule has 0 atom stereocenters. The Morgan fingerprint density at radius 1 is 1.19 bits per heavy atom. The van der Waals surface area contributed by atoms with Crippen molar-refractivity contribution in [2.45, 2.75) is 32.6 Å². The van der Waals surface area contributed by atoms with Crippen molar-refractivity contribution in [1.82, 2.24) is 19.7 Å². The maximum Gasteiger partial charge on any atom is 0.276 e. The largest absolute Gasteiger partial charge is 0.440 e. The Bertz CT molecular complexity index is 964. The van der Waals surface area contributed by atoms with Crippen LogP contribution < -0.4 is 0 Å². The Balaban J connectivity index is 1.47. The van der Waals surface area contributed by atoms with E-state index in [0.717, 1.165) is 31.5 Å². The van der Waals surface area contributed by atoms with Gasteiger partial charge in [-0.05, 0) is 43.7 Å². The highest BCUT2D eigenvalue weighted by Gasteiger charge is 2.28. The summed E-state index contributed by atoms with van der Waals surface area (Å²) in [5, 5.41) is 4.13. The number of carbonyl (C=O) groups excluding carboxylic acids is 1. The van der Waals surface area contributed by atoms with Crippen LogP contribution in [-0.2, 0) is 7.05 Å².